The van der Waals surface area contributed by atoms with Crippen molar-refractivity contribution in [3.8, 4) is 0 Å². The lowest BCUT2D eigenvalue weighted by atomic mass is 10.2. The highest BCUT2D eigenvalue weighted by Gasteiger charge is 2.03. The van der Waals surface area contributed by atoms with E-state index in [0.717, 1.165) is 18.1 Å². The first-order valence-electron chi connectivity index (χ1n) is 6.60. The van der Waals surface area contributed by atoms with Gasteiger partial charge >= 0.3 is 0 Å². The van der Waals surface area contributed by atoms with Crippen LogP contribution >= 0.6 is 11.8 Å². The largest absolute Gasteiger partial charge is 0.313 e. The van der Waals surface area contributed by atoms with Gasteiger partial charge in [-0.2, -0.15) is 0 Å². The van der Waals surface area contributed by atoms with Crippen LogP contribution < -0.4 is 5.32 Å². The molecule has 0 aliphatic rings. The Morgan fingerprint density at radius 2 is 2.00 bits per heavy atom. The average molecular weight is 272 g/mol. The summed E-state index contributed by atoms with van der Waals surface area (Å²) in [6, 6.07) is 10.8. The van der Waals surface area contributed by atoms with Gasteiger partial charge in [0.2, 0.25) is 0 Å². The molecule has 0 unspecified atom stereocenters. The van der Waals surface area contributed by atoms with Crippen molar-refractivity contribution < 1.29 is 0 Å². The van der Waals surface area contributed by atoms with E-state index in [1.54, 1.807) is 11.8 Å². The minimum atomic E-state index is 0.887. The molecule has 0 aliphatic carbocycles. The van der Waals surface area contributed by atoms with Gasteiger partial charge in [0, 0.05) is 17.6 Å². The number of rotatable bonds is 5. The van der Waals surface area contributed by atoms with Gasteiger partial charge in [-0.1, -0.05) is 36.9 Å². The monoisotopic (exact) mass is 272 g/mol. The molecule has 0 amide bonds. The van der Waals surface area contributed by atoms with Crippen LogP contribution in [-0.2, 0) is 6.54 Å². The Balaban J connectivity index is 2.08. The molecule has 19 heavy (non-hydrogen) atoms. The zero-order valence-corrected chi connectivity index (χ0v) is 12.6. The maximum Gasteiger partial charge on any atom is 0.101 e. The highest BCUT2D eigenvalue weighted by Crippen LogP contribution is 2.29. The quantitative estimate of drug-likeness (QED) is 0.892. The predicted molar refractivity (Wildman–Crippen MR) is 81.7 cm³/mol. The molecule has 100 valence electrons. The molecule has 1 N–H and O–H groups in total. The van der Waals surface area contributed by atoms with Crippen LogP contribution in [0.3, 0.4) is 0 Å². The first kappa shape index (κ1) is 14.1. The Bertz CT molecular complexity index is 535. The smallest absolute Gasteiger partial charge is 0.101 e. The van der Waals surface area contributed by atoms with Gasteiger partial charge in [-0.15, -0.1) is 0 Å². The first-order valence-corrected chi connectivity index (χ1v) is 7.41. The number of hydrogen-bond donors (Lipinski definition) is 1. The summed E-state index contributed by atoms with van der Waals surface area (Å²) in [6.07, 6.45) is 1.95. The molecule has 1 aromatic heterocycles. The molecular weight excluding hydrogens is 252 g/mol. The summed E-state index contributed by atoms with van der Waals surface area (Å²) in [6.45, 7) is 8.24. The summed E-state index contributed by atoms with van der Waals surface area (Å²) < 4.78 is 0. The van der Waals surface area contributed by atoms with E-state index in [2.05, 4.69) is 61.4 Å². The number of aryl methyl sites for hydroxylation is 2. The van der Waals surface area contributed by atoms with Crippen molar-refractivity contribution in [2.24, 2.45) is 0 Å². The van der Waals surface area contributed by atoms with E-state index in [0.29, 0.717) is 0 Å². The molecule has 0 atom stereocenters. The van der Waals surface area contributed by atoms with Crippen molar-refractivity contribution in [1.29, 1.82) is 0 Å². The topological polar surface area (TPSA) is 24.9 Å². The van der Waals surface area contributed by atoms with Gasteiger partial charge in [0.15, 0.2) is 0 Å². The summed E-state index contributed by atoms with van der Waals surface area (Å²) in [7, 11) is 0. The lowest BCUT2D eigenvalue weighted by Crippen LogP contribution is -2.11. The van der Waals surface area contributed by atoms with Crippen LogP contribution in [0.2, 0.25) is 0 Å². The van der Waals surface area contributed by atoms with Gasteiger partial charge in [0.05, 0.1) is 0 Å². The second-order valence-electron chi connectivity index (χ2n) is 4.66. The fraction of sp³-hybridized carbons (Fsp3) is 0.312. The second kappa shape index (κ2) is 6.73. The van der Waals surface area contributed by atoms with E-state index in [1.807, 2.05) is 6.20 Å². The summed E-state index contributed by atoms with van der Waals surface area (Å²) >= 11 is 1.73. The third kappa shape index (κ3) is 4.08. The molecule has 3 heteroatoms. The van der Waals surface area contributed by atoms with Crippen molar-refractivity contribution in [3.63, 3.8) is 0 Å². The number of pyridine rings is 1. The van der Waals surface area contributed by atoms with E-state index < -0.39 is 0 Å². The molecule has 0 spiro atoms. The SMILES string of the molecule is CCNCc1ccc(Sc2cc(C)ccc2C)nc1. The van der Waals surface area contributed by atoms with Crippen molar-refractivity contribution >= 4 is 11.8 Å². The van der Waals surface area contributed by atoms with Gasteiger partial charge < -0.3 is 5.32 Å². The minimum Gasteiger partial charge on any atom is -0.313 e. The van der Waals surface area contributed by atoms with Crippen molar-refractivity contribution in [2.45, 2.75) is 37.2 Å². The molecule has 0 fully saturated rings. The highest BCUT2D eigenvalue weighted by molar-refractivity contribution is 7.99. The summed E-state index contributed by atoms with van der Waals surface area (Å²) in [5, 5.41) is 4.35. The minimum absolute atomic E-state index is 0.887. The van der Waals surface area contributed by atoms with Gasteiger partial charge in [0.1, 0.15) is 5.03 Å². The van der Waals surface area contributed by atoms with Crippen LogP contribution in [0.25, 0.3) is 0 Å². The maximum atomic E-state index is 4.52. The predicted octanol–water partition coefficient (Wildman–Crippen LogP) is 3.96. The van der Waals surface area contributed by atoms with Crippen LogP contribution in [0.15, 0.2) is 46.5 Å². The third-order valence-corrected chi connectivity index (χ3v) is 4.05. The van der Waals surface area contributed by atoms with Crippen LogP contribution in [0, 0.1) is 13.8 Å². The molecule has 0 saturated carbocycles. The zero-order chi connectivity index (χ0) is 13.7. The lowest BCUT2D eigenvalue weighted by Gasteiger charge is -2.07. The van der Waals surface area contributed by atoms with Crippen LogP contribution in [-0.4, -0.2) is 11.5 Å². The molecule has 0 radical (unpaired) electrons. The zero-order valence-electron chi connectivity index (χ0n) is 11.7. The molecule has 0 saturated heterocycles. The van der Waals surface area contributed by atoms with E-state index in [-0.39, 0.29) is 0 Å². The molecule has 0 aliphatic heterocycles. The fourth-order valence-electron chi connectivity index (χ4n) is 1.78. The van der Waals surface area contributed by atoms with Gasteiger partial charge in [-0.25, -0.2) is 4.98 Å². The van der Waals surface area contributed by atoms with Crippen LogP contribution in [0.4, 0.5) is 0 Å². The Morgan fingerprint density at radius 1 is 1.16 bits per heavy atom. The average Bonchev–Trinajstić information content (AvgIpc) is 2.42. The summed E-state index contributed by atoms with van der Waals surface area (Å²) in [5.74, 6) is 0. The lowest BCUT2D eigenvalue weighted by molar-refractivity contribution is 0.723. The van der Waals surface area contributed by atoms with Crippen molar-refractivity contribution in [1.82, 2.24) is 10.3 Å². The first-order chi connectivity index (χ1) is 9.19. The van der Waals surface area contributed by atoms with Crippen molar-refractivity contribution in [3.05, 3.63) is 53.2 Å². The molecule has 2 aromatic rings. The second-order valence-corrected chi connectivity index (χ2v) is 5.72. The number of nitrogens with zero attached hydrogens (tertiary/aromatic N) is 1. The Morgan fingerprint density at radius 3 is 2.68 bits per heavy atom. The highest BCUT2D eigenvalue weighted by atomic mass is 32.2. The number of nitrogens with one attached hydrogen (secondary N) is 1. The normalized spacial score (nSPS) is 10.7. The molecule has 1 heterocycles. The summed E-state index contributed by atoms with van der Waals surface area (Å²) in [4.78, 5) is 5.80. The van der Waals surface area contributed by atoms with Crippen molar-refractivity contribution in [2.75, 3.05) is 6.54 Å². The van der Waals surface area contributed by atoms with E-state index in [4.69, 9.17) is 0 Å². The Hall–Kier alpha value is -1.32. The maximum absolute atomic E-state index is 4.52. The van der Waals surface area contributed by atoms with E-state index in [1.165, 1.54) is 21.6 Å². The fourth-order valence-corrected chi connectivity index (χ4v) is 2.72. The molecule has 2 nitrogen and oxygen atoms in total. The molecule has 2 rings (SSSR count). The standard InChI is InChI=1S/C16H20N2S/c1-4-17-10-14-7-8-16(18-11-14)19-15-9-12(2)5-6-13(15)3/h5-9,11,17H,4,10H2,1-3H3. The Kier molecular flexibility index (Phi) is 5.00. The number of benzene rings is 1. The molecular formula is C16H20N2S. The van der Waals surface area contributed by atoms with Gasteiger partial charge in [0.25, 0.3) is 0 Å². The third-order valence-electron chi connectivity index (χ3n) is 2.93. The molecule has 1 aromatic carbocycles. The molecule has 0 bridgehead atoms. The van der Waals surface area contributed by atoms with E-state index in [9.17, 15) is 0 Å². The number of aromatic nitrogens is 1. The van der Waals surface area contributed by atoms with Crippen LogP contribution in [0.1, 0.15) is 23.6 Å². The summed E-state index contributed by atoms with van der Waals surface area (Å²) in [5.41, 5.74) is 3.82. The van der Waals surface area contributed by atoms with Gasteiger partial charge in [-0.05, 0) is 49.2 Å². The van der Waals surface area contributed by atoms with Gasteiger partial charge in [-0.3, -0.25) is 0 Å². The van der Waals surface area contributed by atoms with Crippen LogP contribution in [0.5, 0.6) is 0 Å². The number of hydrogen-bond acceptors (Lipinski definition) is 3. The Labute approximate surface area is 119 Å². The van der Waals surface area contributed by atoms with E-state index >= 15 is 0 Å².